The molecule has 0 atom stereocenters. The fourth-order valence-corrected chi connectivity index (χ4v) is 2.39. The Labute approximate surface area is 116 Å². The first-order valence-electron chi connectivity index (χ1n) is 6.76. The number of hydrogen-bond acceptors (Lipinski definition) is 2. The van der Waals surface area contributed by atoms with Gasteiger partial charge >= 0.3 is 0 Å². The van der Waals surface area contributed by atoms with Gasteiger partial charge in [-0.05, 0) is 32.4 Å². The van der Waals surface area contributed by atoms with Crippen LogP contribution in [-0.2, 0) is 6.61 Å². The van der Waals surface area contributed by atoms with Gasteiger partial charge in [-0.2, -0.15) is 0 Å². The molecule has 0 saturated heterocycles. The summed E-state index contributed by atoms with van der Waals surface area (Å²) in [6.07, 6.45) is 3.62. The van der Waals surface area contributed by atoms with Crippen molar-refractivity contribution in [3.63, 3.8) is 0 Å². The normalized spacial score (nSPS) is 11.0. The molecule has 0 bridgehead atoms. The minimum absolute atomic E-state index is 0.00793. The van der Waals surface area contributed by atoms with E-state index in [0.717, 1.165) is 17.8 Å². The quantitative estimate of drug-likeness (QED) is 0.749. The van der Waals surface area contributed by atoms with Gasteiger partial charge in [0, 0.05) is 28.9 Å². The van der Waals surface area contributed by atoms with Gasteiger partial charge in [0.15, 0.2) is 0 Å². The minimum Gasteiger partial charge on any atom is -0.392 e. The molecule has 0 heterocycles. The van der Waals surface area contributed by atoms with E-state index in [0.29, 0.717) is 11.1 Å². The predicted octanol–water partition coefficient (Wildman–Crippen LogP) is 4.24. The smallest absolute Gasteiger partial charge is 0.0716 e. The van der Waals surface area contributed by atoms with E-state index in [2.05, 4.69) is 25.7 Å². The molecular formula is C15H24ClNO. The van der Waals surface area contributed by atoms with E-state index in [9.17, 15) is 5.11 Å². The maximum atomic E-state index is 9.49. The van der Waals surface area contributed by atoms with Gasteiger partial charge in [0.1, 0.15) is 0 Å². The number of rotatable bonds is 7. The second-order valence-electron chi connectivity index (χ2n) is 4.89. The summed E-state index contributed by atoms with van der Waals surface area (Å²) in [5.41, 5.74) is 1.90. The summed E-state index contributed by atoms with van der Waals surface area (Å²) in [5.74, 6) is 0. The zero-order valence-corrected chi connectivity index (χ0v) is 12.4. The number of aliphatic hydroxyl groups is 1. The number of benzene rings is 1. The van der Waals surface area contributed by atoms with Crippen molar-refractivity contribution < 1.29 is 5.11 Å². The molecule has 1 aromatic rings. The average molecular weight is 270 g/mol. The van der Waals surface area contributed by atoms with Crippen LogP contribution in [0.15, 0.2) is 18.2 Å². The molecule has 0 fully saturated rings. The van der Waals surface area contributed by atoms with E-state index >= 15 is 0 Å². The van der Waals surface area contributed by atoms with Crippen LogP contribution >= 0.6 is 11.6 Å². The summed E-state index contributed by atoms with van der Waals surface area (Å²) in [4.78, 5) is 2.33. The van der Waals surface area contributed by atoms with E-state index in [1.165, 1.54) is 19.3 Å². The zero-order chi connectivity index (χ0) is 13.5. The Balaban J connectivity index is 2.94. The molecule has 1 rings (SSSR count). The van der Waals surface area contributed by atoms with Crippen LogP contribution in [0.25, 0.3) is 0 Å². The summed E-state index contributed by atoms with van der Waals surface area (Å²) in [7, 11) is 0. The molecule has 0 aliphatic carbocycles. The highest BCUT2D eigenvalue weighted by molar-refractivity contribution is 6.31. The lowest BCUT2D eigenvalue weighted by molar-refractivity contribution is 0.282. The molecule has 0 unspecified atom stereocenters. The van der Waals surface area contributed by atoms with Gasteiger partial charge in [0.25, 0.3) is 0 Å². The largest absolute Gasteiger partial charge is 0.392 e. The first-order chi connectivity index (χ1) is 8.61. The van der Waals surface area contributed by atoms with Crippen molar-refractivity contribution in [1.29, 1.82) is 0 Å². The highest BCUT2D eigenvalue weighted by atomic mass is 35.5. The minimum atomic E-state index is -0.00793. The summed E-state index contributed by atoms with van der Waals surface area (Å²) < 4.78 is 0. The molecule has 0 amide bonds. The van der Waals surface area contributed by atoms with Crippen LogP contribution in [-0.4, -0.2) is 17.7 Å². The molecule has 0 radical (unpaired) electrons. The number of nitrogens with zero attached hydrogens (tertiary/aromatic N) is 1. The van der Waals surface area contributed by atoms with Crippen LogP contribution < -0.4 is 4.90 Å². The third-order valence-corrected chi connectivity index (χ3v) is 3.54. The van der Waals surface area contributed by atoms with Gasteiger partial charge in [0.05, 0.1) is 6.61 Å². The van der Waals surface area contributed by atoms with Crippen LogP contribution in [0.2, 0.25) is 5.02 Å². The maximum absolute atomic E-state index is 9.49. The third kappa shape index (κ3) is 3.89. The van der Waals surface area contributed by atoms with Gasteiger partial charge < -0.3 is 10.0 Å². The number of halogens is 1. The highest BCUT2D eigenvalue weighted by Crippen LogP contribution is 2.29. The van der Waals surface area contributed by atoms with Crippen LogP contribution in [0.4, 0.5) is 5.69 Å². The fourth-order valence-electron chi connectivity index (χ4n) is 2.16. The number of hydrogen-bond donors (Lipinski definition) is 1. The Morgan fingerprint density at radius 1 is 1.28 bits per heavy atom. The van der Waals surface area contributed by atoms with Crippen molar-refractivity contribution in [3.05, 3.63) is 28.8 Å². The summed E-state index contributed by atoms with van der Waals surface area (Å²) >= 11 is 6.15. The topological polar surface area (TPSA) is 23.5 Å². The molecule has 0 aromatic heterocycles. The summed E-state index contributed by atoms with van der Waals surface area (Å²) in [5, 5.41) is 10.1. The third-order valence-electron chi connectivity index (χ3n) is 3.19. The second kappa shape index (κ2) is 7.65. The number of unbranched alkanes of at least 4 members (excludes halogenated alkanes) is 2. The molecule has 3 heteroatoms. The molecule has 0 aliphatic rings. The predicted molar refractivity (Wildman–Crippen MR) is 79.4 cm³/mol. The van der Waals surface area contributed by atoms with Crippen molar-refractivity contribution >= 4 is 17.3 Å². The van der Waals surface area contributed by atoms with Gasteiger partial charge in [0.2, 0.25) is 0 Å². The number of anilines is 1. The molecule has 1 aromatic carbocycles. The first-order valence-corrected chi connectivity index (χ1v) is 7.14. The summed E-state index contributed by atoms with van der Waals surface area (Å²) in [6, 6.07) is 6.24. The SMILES string of the molecule is CCCCCN(c1cccc(Cl)c1CO)C(C)C. The van der Waals surface area contributed by atoms with E-state index in [-0.39, 0.29) is 6.61 Å². The van der Waals surface area contributed by atoms with Gasteiger partial charge in [-0.3, -0.25) is 0 Å². The lowest BCUT2D eigenvalue weighted by Crippen LogP contribution is -2.32. The Morgan fingerprint density at radius 3 is 2.56 bits per heavy atom. The lowest BCUT2D eigenvalue weighted by atomic mass is 10.1. The molecule has 0 saturated carbocycles. The fraction of sp³-hybridized carbons (Fsp3) is 0.600. The van der Waals surface area contributed by atoms with Gasteiger partial charge in [-0.1, -0.05) is 37.4 Å². The molecule has 2 nitrogen and oxygen atoms in total. The number of aliphatic hydroxyl groups excluding tert-OH is 1. The Morgan fingerprint density at radius 2 is 2.00 bits per heavy atom. The van der Waals surface area contributed by atoms with E-state index in [1.54, 1.807) is 0 Å². The van der Waals surface area contributed by atoms with Crippen molar-refractivity contribution in [2.45, 2.75) is 52.7 Å². The van der Waals surface area contributed by atoms with Crippen LogP contribution in [0.3, 0.4) is 0 Å². The zero-order valence-electron chi connectivity index (χ0n) is 11.6. The van der Waals surface area contributed by atoms with Crippen LogP contribution in [0.1, 0.15) is 45.6 Å². The van der Waals surface area contributed by atoms with Crippen molar-refractivity contribution in [3.8, 4) is 0 Å². The van der Waals surface area contributed by atoms with Crippen LogP contribution in [0, 0.1) is 0 Å². The average Bonchev–Trinajstić information content (AvgIpc) is 2.34. The van der Waals surface area contributed by atoms with Gasteiger partial charge in [-0.25, -0.2) is 0 Å². The standard InChI is InChI=1S/C15H24ClNO/c1-4-5-6-10-17(12(2)3)15-9-7-8-14(16)13(15)11-18/h7-9,12,18H,4-6,10-11H2,1-3H3. The lowest BCUT2D eigenvalue weighted by Gasteiger charge is -2.31. The Bertz CT molecular complexity index is 366. The molecule has 0 spiro atoms. The first kappa shape index (κ1) is 15.3. The monoisotopic (exact) mass is 269 g/mol. The molecule has 18 heavy (non-hydrogen) atoms. The second-order valence-corrected chi connectivity index (χ2v) is 5.30. The Hall–Kier alpha value is -0.730. The summed E-state index contributed by atoms with van der Waals surface area (Å²) in [6.45, 7) is 7.56. The van der Waals surface area contributed by atoms with Crippen LogP contribution in [0.5, 0.6) is 0 Å². The van der Waals surface area contributed by atoms with Crippen molar-refractivity contribution in [2.75, 3.05) is 11.4 Å². The van der Waals surface area contributed by atoms with Crippen molar-refractivity contribution in [1.82, 2.24) is 0 Å². The van der Waals surface area contributed by atoms with E-state index in [1.807, 2.05) is 18.2 Å². The van der Waals surface area contributed by atoms with E-state index in [4.69, 9.17) is 11.6 Å². The van der Waals surface area contributed by atoms with Gasteiger partial charge in [-0.15, -0.1) is 0 Å². The maximum Gasteiger partial charge on any atom is 0.0716 e. The molecule has 1 N–H and O–H groups in total. The molecular weight excluding hydrogens is 246 g/mol. The molecule has 0 aliphatic heterocycles. The molecule has 102 valence electrons. The van der Waals surface area contributed by atoms with E-state index < -0.39 is 0 Å². The highest BCUT2D eigenvalue weighted by Gasteiger charge is 2.15. The van der Waals surface area contributed by atoms with Crippen molar-refractivity contribution in [2.24, 2.45) is 0 Å². The Kier molecular flexibility index (Phi) is 6.51.